The molecule has 1 saturated heterocycles. The molecule has 2 heterocycles. The van der Waals surface area contributed by atoms with Crippen LogP contribution >= 0.6 is 0 Å². The van der Waals surface area contributed by atoms with Gasteiger partial charge in [-0.1, -0.05) is 24.8 Å². The molecule has 232 valence electrons. The second-order valence-corrected chi connectivity index (χ2v) is 10.6. The van der Waals surface area contributed by atoms with E-state index in [9.17, 15) is 14.0 Å². The maximum atomic E-state index is 14.1. The number of carbonyl (C=O) groups excluding carboxylic acids is 2. The Hall–Kier alpha value is -3.83. The third-order valence-corrected chi connectivity index (χ3v) is 7.52. The van der Waals surface area contributed by atoms with Crippen molar-refractivity contribution >= 4 is 30.0 Å². The van der Waals surface area contributed by atoms with Crippen molar-refractivity contribution in [3.63, 3.8) is 0 Å². The third-order valence-electron chi connectivity index (χ3n) is 7.52. The summed E-state index contributed by atoms with van der Waals surface area (Å²) in [4.78, 5) is 36.6. The highest BCUT2D eigenvalue weighted by Crippen LogP contribution is 2.28. The maximum absolute atomic E-state index is 14.1. The molecule has 1 aliphatic heterocycles. The third kappa shape index (κ3) is 8.84. The standard InChI is InChI=1S/C32H42FN5O5/c1-4-27(34-20-23(3)43-26-10-8-11-26)31-36-30(35-22-39)29(38(31)21-24-13-15-25(33)16-14-24)32(40)37(5-2)17-9-19-42-28-12-6-7-18-41-28/h4,13-16,20,22,26,28H,3,5-12,17-19,21H2,1-2H3,(H,35,39)/b27-4-,34-20?. The minimum absolute atomic E-state index is 0.113. The minimum atomic E-state index is -0.365. The van der Waals surface area contributed by atoms with Crippen LogP contribution in [0.15, 0.2) is 47.7 Å². The van der Waals surface area contributed by atoms with Crippen molar-refractivity contribution in [1.29, 1.82) is 0 Å². The molecule has 1 aliphatic carbocycles. The van der Waals surface area contributed by atoms with E-state index in [1.165, 1.54) is 18.3 Å². The molecule has 1 saturated carbocycles. The lowest BCUT2D eigenvalue weighted by atomic mass is 9.96. The van der Waals surface area contributed by atoms with Gasteiger partial charge in [-0.2, -0.15) is 0 Å². The number of rotatable bonds is 16. The summed E-state index contributed by atoms with van der Waals surface area (Å²) >= 11 is 0. The van der Waals surface area contributed by atoms with Crippen molar-refractivity contribution in [3.05, 3.63) is 65.6 Å². The summed E-state index contributed by atoms with van der Waals surface area (Å²) in [6.07, 6.45) is 10.5. The molecule has 10 nitrogen and oxygen atoms in total. The highest BCUT2D eigenvalue weighted by molar-refractivity contribution is 6.00. The molecule has 43 heavy (non-hydrogen) atoms. The lowest BCUT2D eigenvalue weighted by Gasteiger charge is -2.26. The summed E-state index contributed by atoms with van der Waals surface area (Å²) in [5, 5.41) is 2.60. The van der Waals surface area contributed by atoms with E-state index in [-0.39, 0.29) is 42.2 Å². The number of imidazole rings is 1. The van der Waals surface area contributed by atoms with Crippen LogP contribution in [0.5, 0.6) is 0 Å². The Morgan fingerprint density at radius 1 is 1.26 bits per heavy atom. The fourth-order valence-corrected chi connectivity index (χ4v) is 4.95. The van der Waals surface area contributed by atoms with Gasteiger partial charge in [-0.25, -0.2) is 14.4 Å². The van der Waals surface area contributed by atoms with E-state index in [4.69, 9.17) is 14.2 Å². The van der Waals surface area contributed by atoms with Crippen LogP contribution in [-0.2, 0) is 25.5 Å². The first-order valence-electron chi connectivity index (χ1n) is 15.1. The second kappa shape index (κ2) is 16.1. The van der Waals surface area contributed by atoms with Gasteiger partial charge in [0.1, 0.15) is 17.3 Å². The molecule has 2 aliphatic rings. The van der Waals surface area contributed by atoms with Crippen LogP contribution in [0.2, 0.25) is 0 Å². The summed E-state index contributed by atoms with van der Waals surface area (Å²) in [7, 11) is 0. The van der Waals surface area contributed by atoms with Crippen LogP contribution in [0.4, 0.5) is 10.2 Å². The van der Waals surface area contributed by atoms with E-state index in [0.29, 0.717) is 56.4 Å². The van der Waals surface area contributed by atoms with Crippen LogP contribution in [0.3, 0.4) is 0 Å². The number of nitrogens with zero attached hydrogens (tertiary/aromatic N) is 4. The largest absolute Gasteiger partial charge is 0.489 e. The van der Waals surface area contributed by atoms with Gasteiger partial charge in [0.2, 0.25) is 6.41 Å². The molecule has 11 heteroatoms. The lowest BCUT2D eigenvalue weighted by molar-refractivity contribution is -0.162. The Kier molecular flexibility index (Phi) is 12.0. The lowest BCUT2D eigenvalue weighted by Crippen LogP contribution is -2.35. The number of nitrogens with one attached hydrogen (secondary N) is 1. The first-order chi connectivity index (χ1) is 20.9. The van der Waals surface area contributed by atoms with Crippen molar-refractivity contribution in [2.24, 2.45) is 4.99 Å². The zero-order chi connectivity index (χ0) is 30.6. The highest BCUT2D eigenvalue weighted by atomic mass is 19.1. The average molecular weight is 596 g/mol. The van der Waals surface area contributed by atoms with E-state index in [0.717, 1.165) is 44.1 Å². The summed E-state index contributed by atoms with van der Waals surface area (Å²) in [5.41, 5.74) is 1.40. The summed E-state index contributed by atoms with van der Waals surface area (Å²) in [6.45, 7) is 9.88. The number of benzene rings is 1. The SMILES string of the molecule is C=C(C=N/C(=C\C)c1nc(NC=O)c(C(=O)N(CC)CCCOC2CCCCO2)n1Cc1ccc(F)cc1)OC1CCC1. The number of halogens is 1. The first-order valence-corrected chi connectivity index (χ1v) is 15.1. The fraction of sp³-hybridized carbons (Fsp3) is 0.500. The Morgan fingerprint density at radius 3 is 2.67 bits per heavy atom. The van der Waals surface area contributed by atoms with Gasteiger partial charge in [0.05, 0.1) is 18.9 Å². The van der Waals surface area contributed by atoms with Gasteiger partial charge in [-0.3, -0.25) is 9.59 Å². The predicted octanol–water partition coefficient (Wildman–Crippen LogP) is 5.55. The summed E-state index contributed by atoms with van der Waals surface area (Å²) < 4.78 is 32.7. The Morgan fingerprint density at radius 2 is 2.05 bits per heavy atom. The molecular formula is C32H42FN5O5. The van der Waals surface area contributed by atoms with E-state index >= 15 is 0 Å². The molecule has 1 N–H and O–H groups in total. The Balaban J connectivity index is 1.61. The molecule has 1 aromatic carbocycles. The van der Waals surface area contributed by atoms with Gasteiger partial charge in [0.15, 0.2) is 23.6 Å². The molecule has 0 spiro atoms. The van der Waals surface area contributed by atoms with Gasteiger partial charge < -0.3 is 29.0 Å². The molecule has 1 aromatic heterocycles. The van der Waals surface area contributed by atoms with Gasteiger partial charge in [-0.05, 0) is 76.5 Å². The number of aliphatic imine (C=N–C) groups is 1. The van der Waals surface area contributed by atoms with Crippen LogP contribution in [0.1, 0.15) is 80.7 Å². The normalized spacial score (nSPS) is 17.5. The monoisotopic (exact) mass is 595 g/mol. The zero-order valence-corrected chi connectivity index (χ0v) is 25.1. The quantitative estimate of drug-likeness (QED) is 0.118. The fourth-order valence-electron chi connectivity index (χ4n) is 4.95. The Labute approximate surface area is 252 Å². The summed E-state index contributed by atoms with van der Waals surface area (Å²) in [5.74, 6) is 0.235. The number of hydrogen-bond donors (Lipinski definition) is 1. The molecule has 1 unspecified atom stereocenters. The van der Waals surface area contributed by atoms with E-state index in [1.54, 1.807) is 27.7 Å². The summed E-state index contributed by atoms with van der Waals surface area (Å²) in [6, 6.07) is 6.02. The van der Waals surface area contributed by atoms with Gasteiger partial charge >= 0.3 is 0 Å². The minimum Gasteiger partial charge on any atom is -0.489 e. The maximum Gasteiger partial charge on any atom is 0.274 e. The van der Waals surface area contributed by atoms with Crippen LogP contribution in [0.25, 0.3) is 5.70 Å². The first kappa shape index (κ1) is 32.1. The molecule has 4 rings (SSSR count). The van der Waals surface area contributed by atoms with Gasteiger partial charge in [-0.15, -0.1) is 0 Å². The van der Waals surface area contributed by atoms with Gasteiger partial charge in [0, 0.05) is 26.2 Å². The molecule has 2 amide bonds. The van der Waals surface area contributed by atoms with E-state index in [2.05, 4.69) is 21.9 Å². The predicted molar refractivity (Wildman–Crippen MR) is 163 cm³/mol. The van der Waals surface area contributed by atoms with Gasteiger partial charge in [0.25, 0.3) is 5.91 Å². The number of amides is 2. The number of ether oxygens (including phenoxy) is 3. The van der Waals surface area contributed by atoms with Crippen LogP contribution < -0.4 is 5.32 Å². The number of carbonyl (C=O) groups is 2. The molecule has 1 atom stereocenters. The van der Waals surface area contributed by atoms with Crippen molar-refractivity contribution < 1.29 is 28.2 Å². The number of allylic oxidation sites excluding steroid dienone is 2. The molecule has 2 fully saturated rings. The average Bonchev–Trinajstić information content (AvgIpc) is 3.34. The molecule has 0 radical (unpaired) electrons. The van der Waals surface area contributed by atoms with Crippen molar-refractivity contribution in [2.75, 3.05) is 31.6 Å². The number of hydrogen-bond acceptors (Lipinski definition) is 7. The van der Waals surface area contributed by atoms with Crippen molar-refractivity contribution in [1.82, 2.24) is 14.5 Å². The van der Waals surface area contributed by atoms with Crippen molar-refractivity contribution in [2.45, 2.75) is 77.7 Å². The number of aromatic nitrogens is 2. The Bertz CT molecular complexity index is 1300. The van der Waals surface area contributed by atoms with Crippen molar-refractivity contribution in [3.8, 4) is 0 Å². The molecule has 0 bridgehead atoms. The second-order valence-electron chi connectivity index (χ2n) is 10.6. The topological polar surface area (TPSA) is 107 Å². The zero-order valence-electron chi connectivity index (χ0n) is 25.1. The number of anilines is 1. The smallest absolute Gasteiger partial charge is 0.274 e. The van der Waals surface area contributed by atoms with Crippen LogP contribution in [0, 0.1) is 5.82 Å². The van der Waals surface area contributed by atoms with E-state index in [1.807, 2.05) is 13.8 Å². The molecule has 2 aromatic rings. The highest BCUT2D eigenvalue weighted by Gasteiger charge is 2.28. The van der Waals surface area contributed by atoms with E-state index < -0.39 is 0 Å². The van der Waals surface area contributed by atoms with Crippen LogP contribution in [-0.4, -0.2) is 71.7 Å². The molecular weight excluding hydrogens is 553 g/mol.